The zero-order chi connectivity index (χ0) is 12.7. The van der Waals surface area contributed by atoms with E-state index in [0.29, 0.717) is 11.3 Å². The molecule has 0 fully saturated rings. The highest BCUT2D eigenvalue weighted by Gasteiger charge is 2.10. The maximum Gasteiger partial charge on any atom is 0.135 e. The second kappa shape index (κ2) is 7.22. The molecule has 0 saturated carbocycles. The summed E-state index contributed by atoms with van der Waals surface area (Å²) in [5, 5.41) is 3.19. The van der Waals surface area contributed by atoms with Gasteiger partial charge in [0.2, 0.25) is 0 Å². The Balaban J connectivity index is 2.58. The second-order valence-corrected chi connectivity index (χ2v) is 4.45. The fourth-order valence-corrected chi connectivity index (χ4v) is 1.90. The van der Waals surface area contributed by atoms with E-state index in [-0.39, 0.29) is 10.8 Å². The van der Waals surface area contributed by atoms with Crippen molar-refractivity contribution in [2.75, 3.05) is 11.9 Å². The maximum absolute atomic E-state index is 13.5. The van der Waals surface area contributed by atoms with E-state index in [1.165, 1.54) is 25.3 Å². The first kappa shape index (κ1) is 13.9. The van der Waals surface area contributed by atoms with Crippen LogP contribution in [0.15, 0.2) is 18.2 Å². The van der Waals surface area contributed by atoms with Crippen molar-refractivity contribution in [1.29, 1.82) is 0 Å². The van der Waals surface area contributed by atoms with Gasteiger partial charge in [-0.05, 0) is 18.6 Å². The highest BCUT2D eigenvalue weighted by Crippen LogP contribution is 2.18. The van der Waals surface area contributed by atoms with Crippen molar-refractivity contribution in [2.45, 2.75) is 32.6 Å². The van der Waals surface area contributed by atoms with Crippen molar-refractivity contribution in [1.82, 2.24) is 0 Å². The zero-order valence-electron chi connectivity index (χ0n) is 10.1. The van der Waals surface area contributed by atoms with Crippen LogP contribution >= 0.6 is 12.2 Å². The average Bonchev–Trinajstić information content (AvgIpc) is 2.28. The predicted molar refractivity (Wildman–Crippen MR) is 74.9 cm³/mol. The van der Waals surface area contributed by atoms with Crippen molar-refractivity contribution in [2.24, 2.45) is 5.73 Å². The molecule has 2 nitrogen and oxygen atoms in total. The van der Waals surface area contributed by atoms with E-state index in [2.05, 4.69) is 12.2 Å². The van der Waals surface area contributed by atoms with Gasteiger partial charge in [-0.1, -0.05) is 44.5 Å². The summed E-state index contributed by atoms with van der Waals surface area (Å²) < 4.78 is 13.5. The highest BCUT2D eigenvalue weighted by atomic mass is 32.1. The fraction of sp³-hybridized carbons (Fsp3) is 0.462. The number of rotatable bonds is 7. The van der Waals surface area contributed by atoms with Gasteiger partial charge >= 0.3 is 0 Å². The molecule has 1 aromatic carbocycles. The summed E-state index contributed by atoms with van der Waals surface area (Å²) in [6.07, 6.45) is 4.69. The largest absolute Gasteiger partial charge is 0.389 e. The van der Waals surface area contributed by atoms with Crippen molar-refractivity contribution >= 4 is 22.9 Å². The molecule has 94 valence electrons. The second-order valence-electron chi connectivity index (χ2n) is 4.01. The topological polar surface area (TPSA) is 38.0 Å². The molecule has 0 aliphatic heterocycles. The molecule has 0 radical (unpaired) electrons. The summed E-state index contributed by atoms with van der Waals surface area (Å²) in [6.45, 7) is 2.99. The number of benzene rings is 1. The van der Waals surface area contributed by atoms with Crippen molar-refractivity contribution in [3.63, 3.8) is 0 Å². The standard InChI is InChI=1S/C13H19FN2S/c1-2-3-4-5-9-16-11-8-6-7-10(14)12(11)13(15)17/h6-8,16H,2-5,9H2,1H3,(H2,15,17). The molecular formula is C13H19FN2S. The number of nitrogens with one attached hydrogen (secondary N) is 1. The number of unbranched alkanes of at least 4 members (excludes halogenated alkanes) is 3. The van der Waals surface area contributed by atoms with Crippen LogP contribution < -0.4 is 11.1 Å². The normalized spacial score (nSPS) is 10.2. The average molecular weight is 254 g/mol. The molecule has 0 heterocycles. The van der Waals surface area contributed by atoms with Crippen LogP contribution in [0.1, 0.15) is 38.2 Å². The number of nitrogens with two attached hydrogens (primary N) is 1. The van der Waals surface area contributed by atoms with Gasteiger partial charge in [-0.2, -0.15) is 0 Å². The van der Waals surface area contributed by atoms with E-state index in [1.807, 2.05) is 0 Å². The lowest BCUT2D eigenvalue weighted by atomic mass is 10.1. The number of anilines is 1. The van der Waals surface area contributed by atoms with E-state index in [0.717, 1.165) is 13.0 Å². The van der Waals surface area contributed by atoms with Gasteiger partial charge in [0, 0.05) is 12.2 Å². The van der Waals surface area contributed by atoms with Crippen molar-refractivity contribution in [3.05, 3.63) is 29.6 Å². The first-order valence-corrected chi connectivity index (χ1v) is 6.39. The third-order valence-electron chi connectivity index (χ3n) is 2.61. The van der Waals surface area contributed by atoms with Crippen LogP contribution in [0.2, 0.25) is 0 Å². The molecule has 0 amide bonds. The summed E-state index contributed by atoms with van der Waals surface area (Å²) >= 11 is 4.86. The molecule has 0 aliphatic carbocycles. The minimum atomic E-state index is -0.365. The molecule has 0 atom stereocenters. The lowest BCUT2D eigenvalue weighted by Crippen LogP contribution is -2.15. The highest BCUT2D eigenvalue weighted by molar-refractivity contribution is 7.80. The van der Waals surface area contributed by atoms with Gasteiger partial charge in [0.1, 0.15) is 10.8 Å². The Labute approximate surface area is 107 Å². The molecule has 0 aliphatic rings. The predicted octanol–water partition coefficient (Wildman–Crippen LogP) is 3.45. The smallest absolute Gasteiger partial charge is 0.135 e. The maximum atomic E-state index is 13.5. The van der Waals surface area contributed by atoms with Gasteiger partial charge in [-0.25, -0.2) is 4.39 Å². The first-order chi connectivity index (χ1) is 8.16. The van der Waals surface area contributed by atoms with E-state index < -0.39 is 0 Å². The molecule has 1 aromatic rings. The van der Waals surface area contributed by atoms with Crippen LogP contribution in [0.25, 0.3) is 0 Å². The Kier molecular flexibility index (Phi) is 5.91. The van der Waals surface area contributed by atoms with Gasteiger partial charge in [-0.15, -0.1) is 0 Å². The lowest BCUT2D eigenvalue weighted by Gasteiger charge is -2.11. The van der Waals surface area contributed by atoms with Crippen molar-refractivity contribution < 1.29 is 4.39 Å². The number of thiocarbonyl (C=S) groups is 1. The molecular weight excluding hydrogens is 235 g/mol. The lowest BCUT2D eigenvalue weighted by molar-refractivity contribution is 0.625. The van der Waals surface area contributed by atoms with E-state index in [4.69, 9.17) is 18.0 Å². The van der Waals surface area contributed by atoms with E-state index in [9.17, 15) is 4.39 Å². The summed E-state index contributed by atoms with van der Waals surface area (Å²) in [5.74, 6) is -0.365. The Morgan fingerprint density at radius 2 is 2.12 bits per heavy atom. The molecule has 0 aromatic heterocycles. The molecule has 17 heavy (non-hydrogen) atoms. The Morgan fingerprint density at radius 3 is 2.76 bits per heavy atom. The molecule has 0 unspecified atom stereocenters. The monoisotopic (exact) mass is 254 g/mol. The minimum Gasteiger partial charge on any atom is -0.389 e. The van der Waals surface area contributed by atoms with Crippen LogP contribution in [0.4, 0.5) is 10.1 Å². The third kappa shape index (κ3) is 4.30. The van der Waals surface area contributed by atoms with E-state index in [1.54, 1.807) is 12.1 Å². The molecule has 1 rings (SSSR count). The summed E-state index contributed by atoms with van der Waals surface area (Å²) in [6, 6.07) is 4.83. The quantitative estimate of drug-likeness (QED) is 0.578. The molecule has 0 bridgehead atoms. The Hall–Kier alpha value is -1.16. The van der Waals surface area contributed by atoms with Crippen LogP contribution in [0, 0.1) is 5.82 Å². The van der Waals surface area contributed by atoms with Gasteiger partial charge < -0.3 is 11.1 Å². The van der Waals surface area contributed by atoms with Gasteiger partial charge in [0.05, 0.1) is 5.56 Å². The van der Waals surface area contributed by atoms with Crippen LogP contribution in [0.5, 0.6) is 0 Å². The number of hydrogen-bond acceptors (Lipinski definition) is 2. The zero-order valence-corrected chi connectivity index (χ0v) is 10.9. The van der Waals surface area contributed by atoms with Gasteiger partial charge in [0.25, 0.3) is 0 Å². The van der Waals surface area contributed by atoms with Crippen LogP contribution in [-0.2, 0) is 0 Å². The van der Waals surface area contributed by atoms with Gasteiger partial charge in [0.15, 0.2) is 0 Å². The first-order valence-electron chi connectivity index (χ1n) is 5.99. The Bertz CT molecular complexity index is 380. The summed E-state index contributed by atoms with van der Waals surface area (Å²) in [5.41, 5.74) is 6.53. The molecule has 0 spiro atoms. The molecule has 4 heteroatoms. The van der Waals surface area contributed by atoms with Crippen LogP contribution in [0.3, 0.4) is 0 Å². The van der Waals surface area contributed by atoms with E-state index >= 15 is 0 Å². The molecule has 3 N–H and O–H groups in total. The molecule has 0 saturated heterocycles. The number of hydrogen-bond donors (Lipinski definition) is 2. The van der Waals surface area contributed by atoms with Crippen molar-refractivity contribution in [3.8, 4) is 0 Å². The SMILES string of the molecule is CCCCCCNc1cccc(F)c1C(N)=S. The summed E-state index contributed by atoms with van der Waals surface area (Å²) in [7, 11) is 0. The third-order valence-corrected chi connectivity index (χ3v) is 2.81. The van der Waals surface area contributed by atoms with Crippen LogP contribution in [-0.4, -0.2) is 11.5 Å². The number of halogens is 1. The van der Waals surface area contributed by atoms with Gasteiger partial charge in [-0.3, -0.25) is 0 Å². The minimum absolute atomic E-state index is 0.0964. The fourth-order valence-electron chi connectivity index (χ4n) is 1.70. The Morgan fingerprint density at radius 1 is 1.35 bits per heavy atom. The summed E-state index contributed by atoms with van der Waals surface area (Å²) in [4.78, 5) is 0.0964.